The Kier molecular flexibility index (Phi) is 5.30. The van der Waals surface area contributed by atoms with E-state index >= 15 is 0 Å². The molecule has 2 fully saturated rings. The minimum Gasteiger partial charge on any atom is -0.313 e. The van der Waals surface area contributed by atoms with Gasteiger partial charge in [0.05, 0.1) is 0 Å². The number of nitrogens with zero attached hydrogens (tertiary/aromatic N) is 1. The average molecular weight is 238 g/mol. The maximum atomic E-state index is 3.71. The van der Waals surface area contributed by atoms with E-state index in [9.17, 15) is 0 Å². The average Bonchev–Trinajstić information content (AvgIpc) is 3.18. The summed E-state index contributed by atoms with van der Waals surface area (Å²) < 4.78 is 0. The van der Waals surface area contributed by atoms with E-state index in [2.05, 4.69) is 24.1 Å². The fourth-order valence-electron chi connectivity index (χ4n) is 3.17. The molecular formula is C15H30N2. The molecule has 2 heteroatoms. The van der Waals surface area contributed by atoms with E-state index in [0.29, 0.717) is 0 Å². The Labute approximate surface area is 107 Å². The summed E-state index contributed by atoms with van der Waals surface area (Å²) in [5.41, 5.74) is 0. The van der Waals surface area contributed by atoms with Gasteiger partial charge in [-0.3, -0.25) is 4.90 Å². The summed E-state index contributed by atoms with van der Waals surface area (Å²) in [6.45, 7) is 8.46. The molecule has 17 heavy (non-hydrogen) atoms. The van der Waals surface area contributed by atoms with Crippen molar-refractivity contribution in [3.63, 3.8) is 0 Å². The Morgan fingerprint density at radius 2 is 2.06 bits per heavy atom. The van der Waals surface area contributed by atoms with Crippen LogP contribution < -0.4 is 5.32 Å². The van der Waals surface area contributed by atoms with Crippen molar-refractivity contribution in [1.29, 1.82) is 0 Å². The first kappa shape index (κ1) is 13.4. The summed E-state index contributed by atoms with van der Waals surface area (Å²) in [5, 5.41) is 3.71. The lowest BCUT2D eigenvalue weighted by molar-refractivity contribution is 0.123. The molecule has 1 aliphatic heterocycles. The molecule has 0 aromatic carbocycles. The highest BCUT2D eigenvalue weighted by Gasteiger charge is 2.30. The molecule has 0 aromatic rings. The maximum absolute atomic E-state index is 3.71. The second-order valence-electron chi connectivity index (χ2n) is 6.03. The third kappa shape index (κ3) is 4.26. The first-order valence-corrected chi connectivity index (χ1v) is 7.80. The lowest BCUT2D eigenvalue weighted by atomic mass is 9.99. The van der Waals surface area contributed by atoms with Gasteiger partial charge in [0.15, 0.2) is 0 Å². The van der Waals surface area contributed by atoms with Crippen LogP contribution in [0, 0.1) is 5.92 Å². The van der Waals surface area contributed by atoms with Gasteiger partial charge in [-0.1, -0.05) is 26.7 Å². The van der Waals surface area contributed by atoms with Crippen LogP contribution in [0.1, 0.15) is 58.8 Å². The molecule has 1 N–H and O–H groups in total. The molecular weight excluding hydrogens is 208 g/mol. The van der Waals surface area contributed by atoms with Crippen molar-refractivity contribution in [3.05, 3.63) is 0 Å². The van der Waals surface area contributed by atoms with Crippen molar-refractivity contribution in [3.8, 4) is 0 Å². The van der Waals surface area contributed by atoms with Gasteiger partial charge in [-0.2, -0.15) is 0 Å². The maximum Gasteiger partial charge on any atom is 0.0195 e. The summed E-state index contributed by atoms with van der Waals surface area (Å²) in [6.07, 6.45) is 9.85. The van der Waals surface area contributed by atoms with Crippen molar-refractivity contribution >= 4 is 0 Å². The van der Waals surface area contributed by atoms with Gasteiger partial charge >= 0.3 is 0 Å². The molecule has 2 atom stereocenters. The number of piperidine rings is 1. The van der Waals surface area contributed by atoms with Crippen molar-refractivity contribution in [2.45, 2.75) is 70.9 Å². The molecule has 2 unspecified atom stereocenters. The molecule has 0 spiro atoms. The summed E-state index contributed by atoms with van der Waals surface area (Å²) in [6, 6.07) is 1.63. The fourth-order valence-corrected chi connectivity index (χ4v) is 3.17. The lowest BCUT2D eigenvalue weighted by Gasteiger charge is -2.38. The Morgan fingerprint density at radius 1 is 1.24 bits per heavy atom. The van der Waals surface area contributed by atoms with Crippen molar-refractivity contribution in [2.24, 2.45) is 5.92 Å². The van der Waals surface area contributed by atoms with Crippen molar-refractivity contribution < 1.29 is 0 Å². The minimum atomic E-state index is 0.761. The van der Waals surface area contributed by atoms with Gasteiger partial charge in [-0.25, -0.2) is 0 Å². The summed E-state index contributed by atoms with van der Waals surface area (Å²) >= 11 is 0. The third-order valence-electron chi connectivity index (χ3n) is 4.43. The zero-order chi connectivity index (χ0) is 12.1. The van der Waals surface area contributed by atoms with E-state index < -0.39 is 0 Å². The highest BCUT2D eigenvalue weighted by Crippen LogP contribution is 2.35. The summed E-state index contributed by atoms with van der Waals surface area (Å²) in [7, 11) is 0. The second kappa shape index (κ2) is 6.75. The Bertz CT molecular complexity index is 213. The molecule has 1 heterocycles. The summed E-state index contributed by atoms with van der Waals surface area (Å²) in [4.78, 5) is 2.77. The summed E-state index contributed by atoms with van der Waals surface area (Å²) in [5.74, 6) is 1.07. The molecule has 2 rings (SSSR count). The number of nitrogens with one attached hydrogen (secondary N) is 1. The van der Waals surface area contributed by atoms with E-state index in [1.807, 2.05) is 0 Å². The van der Waals surface area contributed by atoms with E-state index in [0.717, 1.165) is 18.0 Å². The largest absolute Gasteiger partial charge is 0.313 e. The topological polar surface area (TPSA) is 15.3 Å². The van der Waals surface area contributed by atoms with Crippen molar-refractivity contribution in [1.82, 2.24) is 10.2 Å². The predicted octanol–water partition coefficient (Wildman–Crippen LogP) is 3.03. The van der Waals surface area contributed by atoms with Crippen LogP contribution in [0.15, 0.2) is 0 Å². The van der Waals surface area contributed by atoms with Gasteiger partial charge in [-0.05, 0) is 51.1 Å². The van der Waals surface area contributed by atoms with Crippen LogP contribution in [0.3, 0.4) is 0 Å². The van der Waals surface area contributed by atoms with E-state index in [1.54, 1.807) is 0 Å². The van der Waals surface area contributed by atoms with Gasteiger partial charge in [0.2, 0.25) is 0 Å². The Morgan fingerprint density at radius 3 is 2.71 bits per heavy atom. The molecule has 1 saturated heterocycles. The van der Waals surface area contributed by atoms with Gasteiger partial charge in [0.1, 0.15) is 0 Å². The first-order chi connectivity index (χ1) is 8.33. The Hall–Kier alpha value is -0.0800. The normalized spacial score (nSPS) is 28.2. The molecule has 0 radical (unpaired) electrons. The molecule has 0 amide bonds. The smallest absolute Gasteiger partial charge is 0.0195 e. The quantitative estimate of drug-likeness (QED) is 0.733. The van der Waals surface area contributed by atoms with Crippen LogP contribution in [0.5, 0.6) is 0 Å². The zero-order valence-corrected chi connectivity index (χ0v) is 11.8. The number of hydrogen-bond acceptors (Lipinski definition) is 2. The SMILES string of the molecule is CCCNC1CCCN(C(CC)CC2CC2)C1. The Balaban J connectivity index is 1.77. The molecule has 2 nitrogen and oxygen atoms in total. The second-order valence-corrected chi connectivity index (χ2v) is 6.03. The third-order valence-corrected chi connectivity index (χ3v) is 4.43. The van der Waals surface area contributed by atoms with Gasteiger partial charge in [-0.15, -0.1) is 0 Å². The van der Waals surface area contributed by atoms with E-state index in [4.69, 9.17) is 0 Å². The fraction of sp³-hybridized carbons (Fsp3) is 1.00. The first-order valence-electron chi connectivity index (χ1n) is 7.80. The highest BCUT2D eigenvalue weighted by molar-refractivity contribution is 4.86. The number of rotatable bonds is 7. The standard InChI is InChI=1S/C15H30N2/c1-3-9-16-14-6-5-10-17(12-14)15(4-2)11-13-7-8-13/h13-16H,3-12H2,1-2H3. The molecule has 2 aliphatic rings. The van der Waals surface area contributed by atoms with Gasteiger partial charge < -0.3 is 5.32 Å². The molecule has 1 aliphatic carbocycles. The number of likely N-dealkylation sites (tertiary alicyclic amines) is 1. The monoisotopic (exact) mass is 238 g/mol. The van der Waals surface area contributed by atoms with Crippen LogP contribution >= 0.6 is 0 Å². The highest BCUT2D eigenvalue weighted by atomic mass is 15.2. The van der Waals surface area contributed by atoms with Crippen molar-refractivity contribution in [2.75, 3.05) is 19.6 Å². The predicted molar refractivity (Wildman–Crippen MR) is 74.3 cm³/mol. The van der Waals surface area contributed by atoms with Crippen LogP contribution in [0.25, 0.3) is 0 Å². The minimum absolute atomic E-state index is 0.761. The zero-order valence-electron chi connectivity index (χ0n) is 11.8. The van der Waals surface area contributed by atoms with Crippen LogP contribution in [-0.4, -0.2) is 36.6 Å². The lowest BCUT2D eigenvalue weighted by Crippen LogP contribution is -2.49. The number of hydrogen-bond donors (Lipinski definition) is 1. The van der Waals surface area contributed by atoms with Crippen LogP contribution in [0.4, 0.5) is 0 Å². The molecule has 100 valence electrons. The van der Waals surface area contributed by atoms with Crippen LogP contribution in [-0.2, 0) is 0 Å². The van der Waals surface area contributed by atoms with Gasteiger partial charge in [0.25, 0.3) is 0 Å². The molecule has 1 saturated carbocycles. The molecule has 0 aromatic heterocycles. The van der Waals surface area contributed by atoms with Gasteiger partial charge in [0, 0.05) is 18.6 Å². The molecule has 0 bridgehead atoms. The van der Waals surface area contributed by atoms with E-state index in [1.165, 1.54) is 64.6 Å². The van der Waals surface area contributed by atoms with Crippen LogP contribution in [0.2, 0.25) is 0 Å². The van der Waals surface area contributed by atoms with E-state index in [-0.39, 0.29) is 0 Å².